The summed E-state index contributed by atoms with van der Waals surface area (Å²) < 4.78 is 13.2. The van der Waals surface area contributed by atoms with Crippen molar-refractivity contribution < 1.29 is 14.3 Å². The van der Waals surface area contributed by atoms with Crippen molar-refractivity contribution in [3.8, 4) is 0 Å². The van der Waals surface area contributed by atoms with E-state index < -0.39 is 11.8 Å². The zero-order chi connectivity index (χ0) is 13.4. The van der Waals surface area contributed by atoms with Gasteiger partial charge in [0.15, 0.2) is 0 Å². The molecule has 2 unspecified atom stereocenters. The minimum absolute atomic E-state index is 0.0220. The second-order valence-corrected chi connectivity index (χ2v) is 5.42. The molecule has 1 aliphatic carbocycles. The van der Waals surface area contributed by atoms with Crippen LogP contribution in [0, 0.1) is 11.7 Å². The summed E-state index contributed by atoms with van der Waals surface area (Å²) in [6, 6.07) is 1.45. The monoisotopic (exact) mass is 264 g/mol. The van der Waals surface area contributed by atoms with Crippen LogP contribution in [0.1, 0.15) is 42.5 Å². The molecule has 5 heteroatoms. The van der Waals surface area contributed by atoms with E-state index in [1.54, 1.807) is 0 Å². The van der Waals surface area contributed by atoms with E-state index in [1.807, 2.05) is 0 Å². The van der Waals surface area contributed by atoms with E-state index >= 15 is 0 Å². The molecule has 0 radical (unpaired) electrons. The molecular weight excluding hydrogens is 247 g/mol. The van der Waals surface area contributed by atoms with Crippen molar-refractivity contribution in [2.45, 2.75) is 38.1 Å². The summed E-state index contributed by atoms with van der Waals surface area (Å²) >= 11 is 0. The van der Waals surface area contributed by atoms with Crippen molar-refractivity contribution in [1.29, 1.82) is 0 Å². The number of carboxylic acids is 1. The normalized spacial score (nSPS) is 26.3. The largest absolute Gasteiger partial charge is 0.478 e. The Morgan fingerprint density at radius 1 is 1.37 bits per heavy atom. The highest BCUT2D eigenvalue weighted by molar-refractivity contribution is 5.93. The molecule has 0 bridgehead atoms. The highest BCUT2D eigenvalue weighted by atomic mass is 19.1. The molecule has 1 aliphatic heterocycles. The maximum Gasteiger partial charge on any atom is 0.339 e. The fourth-order valence-corrected chi connectivity index (χ4v) is 3.49. The standard InChI is InChI=1S/C14H17FN2O2/c15-10-7-11(14(18)19)13(16-8-10)17-6-5-9-3-1-2-4-12(9)17/h7-9,12H,1-6H2,(H,18,19). The Bertz CT molecular complexity index is 506. The molecule has 4 nitrogen and oxygen atoms in total. The van der Waals surface area contributed by atoms with Crippen molar-refractivity contribution in [3.63, 3.8) is 0 Å². The molecule has 2 fully saturated rings. The van der Waals surface area contributed by atoms with Crippen LogP contribution in [0.5, 0.6) is 0 Å². The van der Waals surface area contributed by atoms with Crippen LogP contribution in [0.3, 0.4) is 0 Å². The van der Waals surface area contributed by atoms with Gasteiger partial charge in [0.1, 0.15) is 17.2 Å². The van der Waals surface area contributed by atoms with Crippen LogP contribution in [0.25, 0.3) is 0 Å². The van der Waals surface area contributed by atoms with Gasteiger partial charge in [-0.15, -0.1) is 0 Å². The number of fused-ring (bicyclic) bond motifs is 1. The topological polar surface area (TPSA) is 53.4 Å². The number of nitrogens with zero attached hydrogens (tertiary/aromatic N) is 2. The molecule has 2 atom stereocenters. The van der Waals surface area contributed by atoms with Gasteiger partial charge in [-0.05, 0) is 31.2 Å². The molecule has 1 aromatic heterocycles. The van der Waals surface area contributed by atoms with E-state index in [0.717, 1.165) is 31.6 Å². The quantitative estimate of drug-likeness (QED) is 0.892. The van der Waals surface area contributed by atoms with E-state index in [0.29, 0.717) is 17.8 Å². The average Bonchev–Trinajstić information content (AvgIpc) is 2.82. The molecular formula is C14H17FN2O2. The van der Waals surface area contributed by atoms with Crippen LogP contribution in [0.4, 0.5) is 10.2 Å². The lowest BCUT2D eigenvalue weighted by Crippen LogP contribution is -2.36. The number of carbonyl (C=O) groups is 1. The van der Waals surface area contributed by atoms with Gasteiger partial charge in [0.2, 0.25) is 0 Å². The van der Waals surface area contributed by atoms with Crippen LogP contribution in [-0.4, -0.2) is 28.6 Å². The molecule has 102 valence electrons. The Balaban J connectivity index is 1.95. The summed E-state index contributed by atoms with van der Waals surface area (Å²) in [5, 5.41) is 9.21. The smallest absolute Gasteiger partial charge is 0.339 e. The molecule has 0 spiro atoms. The first-order valence-corrected chi connectivity index (χ1v) is 6.82. The van der Waals surface area contributed by atoms with E-state index in [4.69, 9.17) is 0 Å². The van der Waals surface area contributed by atoms with E-state index in [1.165, 1.54) is 19.3 Å². The van der Waals surface area contributed by atoms with E-state index in [-0.39, 0.29) is 5.56 Å². The molecule has 0 aromatic carbocycles. The molecule has 3 rings (SSSR count). The van der Waals surface area contributed by atoms with Crippen LogP contribution in [0.15, 0.2) is 12.3 Å². The molecule has 1 saturated heterocycles. The number of hydrogen-bond acceptors (Lipinski definition) is 3. The lowest BCUT2D eigenvalue weighted by molar-refractivity contribution is 0.0696. The molecule has 0 amide bonds. The predicted octanol–water partition coefficient (Wildman–Crippen LogP) is 2.69. The third-order valence-corrected chi connectivity index (χ3v) is 4.35. The Kier molecular flexibility index (Phi) is 3.12. The van der Waals surface area contributed by atoms with Gasteiger partial charge in [-0.2, -0.15) is 0 Å². The van der Waals surface area contributed by atoms with Crippen molar-refractivity contribution >= 4 is 11.8 Å². The van der Waals surface area contributed by atoms with Crippen molar-refractivity contribution in [2.24, 2.45) is 5.92 Å². The SMILES string of the molecule is O=C(O)c1cc(F)cnc1N1CCC2CCCCC21. The second kappa shape index (κ2) is 4.79. The van der Waals surface area contributed by atoms with Gasteiger partial charge in [0.05, 0.1) is 6.20 Å². The molecule has 1 aromatic rings. The summed E-state index contributed by atoms with van der Waals surface area (Å²) in [7, 11) is 0. The van der Waals surface area contributed by atoms with Gasteiger partial charge in [-0.25, -0.2) is 14.2 Å². The van der Waals surface area contributed by atoms with Gasteiger partial charge in [0.25, 0.3) is 0 Å². The second-order valence-electron chi connectivity index (χ2n) is 5.42. The highest BCUT2D eigenvalue weighted by Crippen LogP contribution is 2.39. The summed E-state index contributed by atoms with van der Waals surface area (Å²) in [5.74, 6) is -0.632. The van der Waals surface area contributed by atoms with Crippen LogP contribution in [0.2, 0.25) is 0 Å². The number of hydrogen-bond donors (Lipinski definition) is 1. The van der Waals surface area contributed by atoms with Gasteiger partial charge < -0.3 is 10.0 Å². The number of halogens is 1. The van der Waals surface area contributed by atoms with Crippen LogP contribution in [-0.2, 0) is 0 Å². The number of anilines is 1. The minimum Gasteiger partial charge on any atom is -0.478 e. The van der Waals surface area contributed by atoms with Gasteiger partial charge in [0, 0.05) is 12.6 Å². The highest BCUT2D eigenvalue weighted by Gasteiger charge is 2.37. The zero-order valence-corrected chi connectivity index (χ0v) is 10.7. The fourth-order valence-electron chi connectivity index (χ4n) is 3.49. The molecule has 19 heavy (non-hydrogen) atoms. The first-order valence-electron chi connectivity index (χ1n) is 6.82. The predicted molar refractivity (Wildman–Crippen MR) is 68.9 cm³/mol. The van der Waals surface area contributed by atoms with Crippen molar-refractivity contribution in [3.05, 3.63) is 23.6 Å². The van der Waals surface area contributed by atoms with Crippen molar-refractivity contribution in [2.75, 3.05) is 11.4 Å². The van der Waals surface area contributed by atoms with E-state index in [2.05, 4.69) is 9.88 Å². The summed E-state index contributed by atoms with van der Waals surface area (Å²) in [6.07, 6.45) is 6.94. The lowest BCUT2D eigenvalue weighted by Gasteiger charge is -2.32. The fraction of sp³-hybridized carbons (Fsp3) is 0.571. The first-order chi connectivity index (χ1) is 9.16. The Morgan fingerprint density at radius 2 is 2.16 bits per heavy atom. The lowest BCUT2D eigenvalue weighted by atomic mass is 9.85. The molecule has 2 heterocycles. The zero-order valence-electron chi connectivity index (χ0n) is 10.7. The van der Waals surface area contributed by atoms with Gasteiger partial charge >= 0.3 is 5.97 Å². The summed E-state index contributed by atoms with van der Waals surface area (Å²) in [6.45, 7) is 0.828. The molecule has 1 N–H and O–H groups in total. The third kappa shape index (κ3) is 2.17. The average molecular weight is 264 g/mol. The summed E-state index contributed by atoms with van der Waals surface area (Å²) in [5.41, 5.74) is -0.0220. The first kappa shape index (κ1) is 12.4. The maximum absolute atomic E-state index is 13.2. The van der Waals surface area contributed by atoms with Gasteiger partial charge in [-0.1, -0.05) is 12.8 Å². The Labute approximate surface area is 111 Å². The third-order valence-electron chi connectivity index (χ3n) is 4.35. The van der Waals surface area contributed by atoms with Crippen LogP contribution < -0.4 is 4.90 Å². The van der Waals surface area contributed by atoms with Crippen molar-refractivity contribution in [1.82, 2.24) is 4.98 Å². The molecule has 1 saturated carbocycles. The number of rotatable bonds is 2. The van der Waals surface area contributed by atoms with Crippen LogP contribution >= 0.6 is 0 Å². The minimum atomic E-state index is -1.11. The Hall–Kier alpha value is -1.65. The summed E-state index contributed by atoms with van der Waals surface area (Å²) in [4.78, 5) is 17.4. The number of aromatic nitrogens is 1. The Morgan fingerprint density at radius 3 is 2.95 bits per heavy atom. The number of aromatic carboxylic acids is 1. The van der Waals surface area contributed by atoms with E-state index in [9.17, 15) is 14.3 Å². The van der Waals surface area contributed by atoms with Gasteiger partial charge in [-0.3, -0.25) is 0 Å². The number of carboxylic acid groups (broad SMARTS) is 1. The number of pyridine rings is 1. The molecule has 2 aliphatic rings. The maximum atomic E-state index is 13.2.